The van der Waals surface area contributed by atoms with Crippen LogP contribution in [0.2, 0.25) is 0 Å². The average Bonchev–Trinajstić information content (AvgIpc) is 3.38. The maximum atomic E-state index is 13.0. The van der Waals surface area contributed by atoms with Gasteiger partial charge in [-0.25, -0.2) is 9.40 Å². The van der Waals surface area contributed by atoms with Crippen molar-refractivity contribution in [2.24, 2.45) is 0 Å². The molecule has 0 aliphatic carbocycles. The number of carbonyl (C=O) groups excluding carboxylic acids is 1. The lowest BCUT2D eigenvalue weighted by Gasteiger charge is -2.20. The van der Waals surface area contributed by atoms with E-state index in [2.05, 4.69) is 10.7 Å². The largest absolute Gasteiger partial charge is 0.375 e. The summed E-state index contributed by atoms with van der Waals surface area (Å²) in [5, 5.41) is 6.83. The molecule has 1 aromatic rings. The number of hydroxylamine groups is 2. The first-order valence-corrected chi connectivity index (χ1v) is 9.63. The maximum absolute atomic E-state index is 13.0. The predicted octanol–water partition coefficient (Wildman–Crippen LogP) is 0.814. The van der Waals surface area contributed by atoms with Crippen molar-refractivity contribution in [3.05, 3.63) is 35.6 Å². The van der Waals surface area contributed by atoms with Crippen LogP contribution >= 0.6 is 0 Å². The molecule has 27 heavy (non-hydrogen) atoms. The van der Waals surface area contributed by atoms with Gasteiger partial charge in [-0.15, -0.1) is 0 Å². The van der Waals surface area contributed by atoms with Crippen LogP contribution in [-0.2, 0) is 20.9 Å². The van der Waals surface area contributed by atoms with Gasteiger partial charge in [0.1, 0.15) is 18.0 Å². The van der Waals surface area contributed by atoms with E-state index in [1.165, 1.54) is 12.1 Å². The first-order chi connectivity index (χ1) is 13.1. The molecular formula is C19H27FN4O3. The van der Waals surface area contributed by atoms with Crippen LogP contribution in [0, 0.1) is 5.82 Å². The van der Waals surface area contributed by atoms with Gasteiger partial charge in [-0.3, -0.25) is 15.1 Å². The van der Waals surface area contributed by atoms with Gasteiger partial charge in [0.05, 0.1) is 12.1 Å². The van der Waals surface area contributed by atoms with Gasteiger partial charge in [0.25, 0.3) is 0 Å². The summed E-state index contributed by atoms with van der Waals surface area (Å²) in [6.07, 6.45) is 2.78. The normalized spacial score (nSPS) is 32.2. The quantitative estimate of drug-likeness (QED) is 0.791. The molecule has 0 bridgehead atoms. The Morgan fingerprint density at radius 3 is 2.89 bits per heavy atom. The van der Waals surface area contributed by atoms with Crippen LogP contribution in [0.3, 0.4) is 0 Å². The molecule has 4 rings (SSSR count). The zero-order valence-electron chi connectivity index (χ0n) is 15.6. The molecule has 3 fully saturated rings. The molecule has 3 heterocycles. The number of nitrogens with zero attached hydrogens (tertiary/aromatic N) is 2. The Bertz CT molecular complexity index is 653. The van der Waals surface area contributed by atoms with Gasteiger partial charge >= 0.3 is 0 Å². The number of benzene rings is 1. The highest BCUT2D eigenvalue weighted by atomic mass is 19.1. The number of hydrazine groups is 1. The molecule has 8 heteroatoms. The molecule has 0 radical (unpaired) electrons. The lowest BCUT2D eigenvalue weighted by atomic mass is 10.0. The Morgan fingerprint density at radius 1 is 1.33 bits per heavy atom. The fraction of sp³-hybridized carbons (Fsp3) is 0.632. The molecule has 7 nitrogen and oxygen atoms in total. The number of halogens is 1. The van der Waals surface area contributed by atoms with Gasteiger partial charge in [0, 0.05) is 39.7 Å². The predicted molar refractivity (Wildman–Crippen MR) is 96.8 cm³/mol. The molecule has 4 unspecified atom stereocenters. The second-order valence-electron chi connectivity index (χ2n) is 7.57. The fourth-order valence-electron chi connectivity index (χ4n) is 4.05. The number of carbonyl (C=O) groups is 1. The maximum Gasteiger partial charge on any atom is 0.240 e. The monoisotopic (exact) mass is 378 g/mol. The third kappa shape index (κ3) is 4.47. The second kappa shape index (κ2) is 8.20. The van der Waals surface area contributed by atoms with E-state index in [4.69, 9.17) is 9.57 Å². The van der Waals surface area contributed by atoms with Gasteiger partial charge < -0.3 is 10.1 Å². The number of hydrogen-bond acceptors (Lipinski definition) is 6. The summed E-state index contributed by atoms with van der Waals surface area (Å²) in [4.78, 5) is 18.6. The third-order valence-electron chi connectivity index (χ3n) is 5.51. The molecule has 3 saturated heterocycles. The Morgan fingerprint density at radius 2 is 2.15 bits per heavy atom. The van der Waals surface area contributed by atoms with E-state index in [0.29, 0.717) is 26.1 Å². The standard InChI is InChI=1S/C19H27FN4O3/c1-23-16(9-18(27-23)17-3-2-8-26-17)19(25)22-15-10-21-24(12-15)11-13-4-6-14(20)7-5-13/h4-7,15-18,21H,2-3,8-12H2,1H3,(H,22,25). The van der Waals surface area contributed by atoms with Gasteiger partial charge in [-0.2, -0.15) is 5.06 Å². The van der Waals surface area contributed by atoms with Crippen molar-refractivity contribution in [1.29, 1.82) is 0 Å². The van der Waals surface area contributed by atoms with Gasteiger partial charge in [0.15, 0.2) is 0 Å². The van der Waals surface area contributed by atoms with E-state index in [0.717, 1.165) is 25.0 Å². The molecule has 3 aliphatic rings. The molecule has 1 aromatic carbocycles. The molecule has 0 saturated carbocycles. The van der Waals surface area contributed by atoms with Crippen LogP contribution in [-0.4, -0.2) is 67.0 Å². The topological polar surface area (TPSA) is 66.1 Å². The molecule has 148 valence electrons. The Hall–Kier alpha value is -1.58. The number of hydrogen-bond donors (Lipinski definition) is 2. The molecule has 0 aromatic heterocycles. The van der Waals surface area contributed by atoms with Crippen LogP contribution in [0.25, 0.3) is 0 Å². The summed E-state index contributed by atoms with van der Waals surface area (Å²) < 4.78 is 18.7. The van der Waals surface area contributed by atoms with Crippen molar-refractivity contribution in [1.82, 2.24) is 20.8 Å². The molecule has 2 N–H and O–H groups in total. The van der Waals surface area contributed by atoms with Crippen molar-refractivity contribution < 1.29 is 18.8 Å². The summed E-state index contributed by atoms with van der Waals surface area (Å²) in [6, 6.07) is 6.23. The van der Waals surface area contributed by atoms with E-state index in [1.807, 2.05) is 12.1 Å². The van der Waals surface area contributed by atoms with Crippen LogP contribution in [0.5, 0.6) is 0 Å². The van der Waals surface area contributed by atoms with E-state index in [9.17, 15) is 9.18 Å². The van der Waals surface area contributed by atoms with Crippen molar-refractivity contribution in [3.63, 3.8) is 0 Å². The minimum absolute atomic E-state index is 0.00608. The Balaban J connectivity index is 1.25. The lowest BCUT2D eigenvalue weighted by Crippen LogP contribution is -2.47. The van der Waals surface area contributed by atoms with Crippen molar-refractivity contribution in [2.75, 3.05) is 26.7 Å². The highest BCUT2D eigenvalue weighted by Crippen LogP contribution is 2.28. The second-order valence-corrected chi connectivity index (χ2v) is 7.57. The molecule has 4 atom stereocenters. The van der Waals surface area contributed by atoms with Gasteiger partial charge in [-0.05, 0) is 30.5 Å². The SMILES string of the molecule is CN1OC(C2CCCO2)CC1C(=O)NC1CNN(Cc2ccc(F)cc2)C1. The lowest BCUT2D eigenvalue weighted by molar-refractivity contribution is -0.175. The minimum atomic E-state index is -0.287. The Kier molecular flexibility index (Phi) is 5.70. The highest BCUT2D eigenvalue weighted by molar-refractivity contribution is 5.82. The Labute approximate surface area is 158 Å². The summed E-state index contributed by atoms with van der Waals surface area (Å²) in [6.45, 7) is 2.83. The van der Waals surface area contributed by atoms with Gasteiger partial charge in [0.2, 0.25) is 5.91 Å². The molecule has 3 aliphatic heterocycles. The smallest absolute Gasteiger partial charge is 0.240 e. The van der Waals surface area contributed by atoms with Crippen LogP contribution in [0.15, 0.2) is 24.3 Å². The van der Waals surface area contributed by atoms with Crippen molar-refractivity contribution >= 4 is 5.91 Å². The summed E-state index contributed by atoms with van der Waals surface area (Å²) in [5.74, 6) is -0.240. The summed E-state index contributed by atoms with van der Waals surface area (Å²) in [5.41, 5.74) is 4.32. The van der Waals surface area contributed by atoms with Crippen molar-refractivity contribution in [3.8, 4) is 0 Å². The molecule has 1 amide bonds. The zero-order chi connectivity index (χ0) is 18.8. The number of nitrogens with one attached hydrogen (secondary N) is 2. The zero-order valence-corrected chi connectivity index (χ0v) is 15.6. The molecular weight excluding hydrogens is 351 g/mol. The van der Waals surface area contributed by atoms with Crippen LogP contribution < -0.4 is 10.7 Å². The van der Waals surface area contributed by atoms with Gasteiger partial charge in [-0.1, -0.05) is 12.1 Å². The highest BCUT2D eigenvalue weighted by Gasteiger charge is 2.42. The number of rotatable bonds is 5. The summed E-state index contributed by atoms with van der Waals surface area (Å²) in [7, 11) is 1.81. The average molecular weight is 378 g/mol. The summed E-state index contributed by atoms with van der Waals surface area (Å²) >= 11 is 0. The number of amides is 1. The van der Waals surface area contributed by atoms with E-state index < -0.39 is 0 Å². The van der Waals surface area contributed by atoms with Crippen molar-refractivity contribution in [2.45, 2.75) is 50.1 Å². The van der Waals surface area contributed by atoms with E-state index >= 15 is 0 Å². The van der Waals surface area contributed by atoms with E-state index in [-0.39, 0.29) is 36.0 Å². The van der Waals surface area contributed by atoms with Crippen LogP contribution in [0.4, 0.5) is 4.39 Å². The minimum Gasteiger partial charge on any atom is -0.375 e. The van der Waals surface area contributed by atoms with Crippen LogP contribution in [0.1, 0.15) is 24.8 Å². The number of ether oxygens (including phenoxy) is 1. The number of likely N-dealkylation sites (N-methyl/N-ethyl adjacent to an activating group) is 1. The fourth-order valence-corrected chi connectivity index (χ4v) is 4.05. The third-order valence-corrected chi connectivity index (χ3v) is 5.51. The first-order valence-electron chi connectivity index (χ1n) is 9.63. The van der Waals surface area contributed by atoms with E-state index in [1.54, 1.807) is 17.2 Å². The molecule has 0 spiro atoms. The first kappa shape index (κ1) is 18.8.